The molecule has 2 aromatic rings. The molecule has 0 spiro atoms. The second kappa shape index (κ2) is 13.2. The zero-order valence-electron chi connectivity index (χ0n) is 19.9. The molecular formula is C26H38IN5O. The van der Waals surface area contributed by atoms with Gasteiger partial charge in [0.05, 0.1) is 6.61 Å². The molecule has 1 aliphatic carbocycles. The Morgan fingerprint density at radius 2 is 1.61 bits per heavy atom. The van der Waals surface area contributed by atoms with Gasteiger partial charge in [-0.15, -0.1) is 24.0 Å². The number of rotatable bonds is 9. The molecule has 0 radical (unpaired) electrons. The molecule has 2 aliphatic rings. The standard InChI is InChI=1S/C26H37N5O.HI/c1-27-26(29-18-24-5-3-4-6-25(24)32-20-23-11-12-23)28-17-21-7-9-22(10-8-21)19-31-15-13-30(2)14-16-31;/h3-10,23H,11-20H2,1-2H3,(H2,27,28,29);1H. The molecule has 6 nitrogen and oxygen atoms in total. The minimum absolute atomic E-state index is 0. The van der Waals surface area contributed by atoms with Crippen LogP contribution in [0.5, 0.6) is 5.75 Å². The minimum atomic E-state index is 0. The summed E-state index contributed by atoms with van der Waals surface area (Å²) in [6.07, 6.45) is 2.60. The molecule has 1 saturated carbocycles. The van der Waals surface area contributed by atoms with Crippen molar-refractivity contribution in [2.45, 2.75) is 32.5 Å². The van der Waals surface area contributed by atoms with E-state index in [2.05, 4.69) is 74.9 Å². The van der Waals surface area contributed by atoms with E-state index in [1.165, 1.54) is 24.0 Å². The van der Waals surface area contributed by atoms with E-state index in [4.69, 9.17) is 4.74 Å². The van der Waals surface area contributed by atoms with Gasteiger partial charge in [0, 0.05) is 58.4 Å². The lowest BCUT2D eigenvalue weighted by molar-refractivity contribution is 0.148. The van der Waals surface area contributed by atoms with Crippen LogP contribution in [-0.2, 0) is 19.6 Å². The molecule has 7 heteroatoms. The Hall–Kier alpha value is -1.84. The molecule has 2 fully saturated rings. The first kappa shape index (κ1) is 25.8. The fourth-order valence-electron chi connectivity index (χ4n) is 3.89. The van der Waals surface area contributed by atoms with Gasteiger partial charge < -0.3 is 20.3 Å². The molecule has 2 aromatic carbocycles. The predicted octanol–water partition coefficient (Wildman–Crippen LogP) is 3.71. The van der Waals surface area contributed by atoms with Crippen LogP contribution in [-0.4, -0.2) is 62.6 Å². The number of halogens is 1. The number of para-hydroxylation sites is 1. The van der Waals surface area contributed by atoms with Gasteiger partial charge in [0.25, 0.3) is 0 Å². The summed E-state index contributed by atoms with van der Waals surface area (Å²) in [5, 5.41) is 6.84. The lowest BCUT2D eigenvalue weighted by Gasteiger charge is -2.32. The molecule has 0 bridgehead atoms. The summed E-state index contributed by atoms with van der Waals surface area (Å²) in [4.78, 5) is 9.30. The van der Waals surface area contributed by atoms with Crippen molar-refractivity contribution in [3.05, 3.63) is 65.2 Å². The van der Waals surface area contributed by atoms with Gasteiger partial charge in [-0.05, 0) is 43.0 Å². The van der Waals surface area contributed by atoms with Crippen molar-refractivity contribution in [3.8, 4) is 5.75 Å². The number of ether oxygens (including phenoxy) is 1. The molecule has 33 heavy (non-hydrogen) atoms. The molecule has 180 valence electrons. The molecule has 1 aliphatic heterocycles. The van der Waals surface area contributed by atoms with Gasteiger partial charge >= 0.3 is 0 Å². The van der Waals surface area contributed by atoms with Crippen LogP contribution in [0, 0.1) is 5.92 Å². The summed E-state index contributed by atoms with van der Waals surface area (Å²) in [5.41, 5.74) is 3.79. The number of aliphatic imine (C=N–C) groups is 1. The zero-order chi connectivity index (χ0) is 22.2. The van der Waals surface area contributed by atoms with Crippen molar-refractivity contribution in [3.63, 3.8) is 0 Å². The third-order valence-corrected chi connectivity index (χ3v) is 6.30. The Morgan fingerprint density at radius 3 is 2.30 bits per heavy atom. The summed E-state index contributed by atoms with van der Waals surface area (Å²) in [6, 6.07) is 17.2. The summed E-state index contributed by atoms with van der Waals surface area (Å²) in [5.74, 6) is 2.51. The van der Waals surface area contributed by atoms with E-state index >= 15 is 0 Å². The van der Waals surface area contributed by atoms with Crippen LogP contribution in [0.2, 0.25) is 0 Å². The van der Waals surface area contributed by atoms with Crippen molar-refractivity contribution in [1.82, 2.24) is 20.4 Å². The van der Waals surface area contributed by atoms with Crippen LogP contribution >= 0.6 is 24.0 Å². The van der Waals surface area contributed by atoms with Crippen LogP contribution in [0.4, 0.5) is 0 Å². The molecule has 0 amide bonds. The maximum Gasteiger partial charge on any atom is 0.191 e. The van der Waals surface area contributed by atoms with Crippen molar-refractivity contribution in [2.75, 3.05) is 46.9 Å². The maximum atomic E-state index is 6.02. The highest BCUT2D eigenvalue weighted by Crippen LogP contribution is 2.30. The molecule has 1 heterocycles. The number of nitrogens with one attached hydrogen (secondary N) is 2. The van der Waals surface area contributed by atoms with Crippen LogP contribution in [0.1, 0.15) is 29.5 Å². The highest BCUT2D eigenvalue weighted by molar-refractivity contribution is 14.0. The lowest BCUT2D eigenvalue weighted by Crippen LogP contribution is -2.43. The van der Waals surface area contributed by atoms with E-state index in [1.807, 2.05) is 13.1 Å². The smallest absolute Gasteiger partial charge is 0.191 e. The van der Waals surface area contributed by atoms with Crippen LogP contribution in [0.3, 0.4) is 0 Å². The molecule has 2 N–H and O–H groups in total. The predicted molar refractivity (Wildman–Crippen MR) is 146 cm³/mol. The Morgan fingerprint density at radius 1 is 0.939 bits per heavy atom. The topological polar surface area (TPSA) is 52.1 Å². The monoisotopic (exact) mass is 563 g/mol. The highest BCUT2D eigenvalue weighted by Gasteiger charge is 2.22. The Bertz CT molecular complexity index is 877. The van der Waals surface area contributed by atoms with Crippen LogP contribution in [0.15, 0.2) is 53.5 Å². The van der Waals surface area contributed by atoms with Gasteiger partial charge in [-0.2, -0.15) is 0 Å². The van der Waals surface area contributed by atoms with E-state index in [9.17, 15) is 0 Å². The molecular weight excluding hydrogens is 525 g/mol. The lowest BCUT2D eigenvalue weighted by atomic mass is 10.1. The number of guanidine groups is 1. The summed E-state index contributed by atoms with van der Waals surface area (Å²) >= 11 is 0. The normalized spacial score (nSPS) is 17.3. The first-order valence-corrected chi connectivity index (χ1v) is 11.8. The largest absolute Gasteiger partial charge is 0.493 e. The number of likely N-dealkylation sites (N-methyl/N-ethyl adjacent to an activating group) is 1. The van der Waals surface area contributed by atoms with E-state index < -0.39 is 0 Å². The van der Waals surface area contributed by atoms with Crippen LogP contribution < -0.4 is 15.4 Å². The molecule has 1 saturated heterocycles. The Balaban J connectivity index is 0.00000306. The van der Waals surface area contributed by atoms with Gasteiger partial charge in [-0.25, -0.2) is 0 Å². The molecule has 4 rings (SSSR count). The van der Waals surface area contributed by atoms with Gasteiger partial charge in [-0.1, -0.05) is 42.5 Å². The van der Waals surface area contributed by atoms with E-state index in [1.54, 1.807) is 0 Å². The number of nitrogens with zero attached hydrogens (tertiary/aromatic N) is 3. The average molecular weight is 564 g/mol. The van der Waals surface area contributed by atoms with E-state index in [-0.39, 0.29) is 24.0 Å². The number of piperazine rings is 1. The fraction of sp³-hybridized carbons (Fsp3) is 0.500. The quantitative estimate of drug-likeness (QED) is 0.277. The summed E-state index contributed by atoms with van der Waals surface area (Å²) in [6.45, 7) is 7.91. The van der Waals surface area contributed by atoms with Crippen molar-refractivity contribution in [1.29, 1.82) is 0 Å². The number of hydrogen-bond acceptors (Lipinski definition) is 4. The summed E-state index contributed by atoms with van der Waals surface area (Å²) in [7, 11) is 4.01. The van der Waals surface area contributed by atoms with Crippen molar-refractivity contribution >= 4 is 29.9 Å². The maximum absolute atomic E-state index is 6.02. The van der Waals surface area contributed by atoms with E-state index in [0.717, 1.165) is 69.1 Å². The van der Waals surface area contributed by atoms with Gasteiger partial charge in [0.15, 0.2) is 5.96 Å². The molecule has 0 atom stereocenters. The highest BCUT2D eigenvalue weighted by atomic mass is 127. The van der Waals surface area contributed by atoms with Crippen molar-refractivity contribution in [2.24, 2.45) is 10.9 Å². The van der Waals surface area contributed by atoms with E-state index in [0.29, 0.717) is 6.54 Å². The SMILES string of the molecule is CN=C(NCc1ccc(CN2CCN(C)CC2)cc1)NCc1ccccc1OCC1CC1.I. The van der Waals surface area contributed by atoms with Crippen molar-refractivity contribution < 1.29 is 4.74 Å². The molecule has 0 unspecified atom stereocenters. The van der Waals surface area contributed by atoms with Gasteiger partial charge in [0.2, 0.25) is 0 Å². The number of hydrogen-bond donors (Lipinski definition) is 2. The zero-order valence-corrected chi connectivity index (χ0v) is 22.3. The first-order chi connectivity index (χ1) is 15.7. The average Bonchev–Trinajstić information content (AvgIpc) is 3.65. The van der Waals surface area contributed by atoms with Gasteiger partial charge in [0.1, 0.15) is 5.75 Å². The third-order valence-electron chi connectivity index (χ3n) is 6.30. The minimum Gasteiger partial charge on any atom is -0.493 e. The Kier molecular flexibility index (Phi) is 10.3. The fourth-order valence-corrected chi connectivity index (χ4v) is 3.89. The third kappa shape index (κ3) is 8.46. The Labute approximate surface area is 215 Å². The number of benzene rings is 2. The summed E-state index contributed by atoms with van der Waals surface area (Å²) < 4.78 is 6.02. The second-order valence-electron chi connectivity index (χ2n) is 9.04. The van der Waals surface area contributed by atoms with Crippen LogP contribution in [0.25, 0.3) is 0 Å². The first-order valence-electron chi connectivity index (χ1n) is 11.8. The second-order valence-corrected chi connectivity index (χ2v) is 9.04. The molecule has 0 aromatic heterocycles. The van der Waals surface area contributed by atoms with Gasteiger partial charge in [-0.3, -0.25) is 9.89 Å².